The van der Waals surface area contributed by atoms with E-state index in [4.69, 9.17) is 9.84 Å². The first-order valence-electron chi connectivity index (χ1n) is 6.06. The van der Waals surface area contributed by atoms with Crippen molar-refractivity contribution in [3.63, 3.8) is 0 Å². The Morgan fingerprint density at radius 2 is 2.11 bits per heavy atom. The maximum atomic E-state index is 11.8. The summed E-state index contributed by atoms with van der Waals surface area (Å²) < 4.78 is 5.27. The van der Waals surface area contributed by atoms with Gasteiger partial charge in [0.05, 0.1) is 25.8 Å². The van der Waals surface area contributed by atoms with E-state index in [1.54, 1.807) is 14.2 Å². The van der Waals surface area contributed by atoms with Crippen molar-refractivity contribution in [2.75, 3.05) is 25.7 Å². The van der Waals surface area contributed by atoms with Crippen molar-refractivity contribution >= 4 is 11.6 Å². The molecule has 1 aromatic carbocycles. The predicted molar refractivity (Wildman–Crippen MR) is 72.2 cm³/mol. The van der Waals surface area contributed by atoms with Crippen LogP contribution in [-0.2, 0) is 4.79 Å². The van der Waals surface area contributed by atoms with Gasteiger partial charge in [0.25, 0.3) is 0 Å². The van der Waals surface area contributed by atoms with Gasteiger partial charge in [0, 0.05) is 7.05 Å². The number of ether oxygens (including phenoxy) is 1. The molecule has 0 heterocycles. The third-order valence-corrected chi connectivity index (χ3v) is 2.93. The van der Waals surface area contributed by atoms with Crippen molar-refractivity contribution in [1.29, 1.82) is 0 Å². The highest BCUT2D eigenvalue weighted by Gasteiger charge is 2.16. The number of benzene rings is 1. The molecule has 0 aliphatic carbocycles. The Labute approximate surface area is 108 Å². The number of methoxy groups -OCH3 is 1. The molecule has 18 heavy (non-hydrogen) atoms. The lowest BCUT2D eigenvalue weighted by atomic mass is 10.0. The Balaban J connectivity index is 3.11. The smallest absolute Gasteiger partial charge is 0.229 e. The van der Waals surface area contributed by atoms with E-state index < -0.39 is 0 Å². The van der Waals surface area contributed by atoms with Gasteiger partial charge in [-0.3, -0.25) is 4.79 Å². The van der Waals surface area contributed by atoms with Gasteiger partial charge in [0.2, 0.25) is 5.91 Å². The van der Waals surface area contributed by atoms with Gasteiger partial charge < -0.3 is 14.7 Å². The molecule has 0 radical (unpaired) electrons. The minimum Gasteiger partial charge on any atom is -0.495 e. The quantitative estimate of drug-likeness (QED) is 0.872. The molecule has 0 spiro atoms. The summed E-state index contributed by atoms with van der Waals surface area (Å²) in [6.45, 7) is 4.05. The Hall–Kier alpha value is -1.55. The van der Waals surface area contributed by atoms with E-state index in [0.29, 0.717) is 11.7 Å². The molecule has 0 fully saturated rings. The van der Waals surface area contributed by atoms with Gasteiger partial charge in [-0.1, -0.05) is 19.9 Å². The number of hydrogen-bond acceptors (Lipinski definition) is 3. The highest BCUT2D eigenvalue weighted by atomic mass is 16.5. The van der Waals surface area contributed by atoms with Crippen molar-refractivity contribution in [2.45, 2.75) is 26.2 Å². The summed E-state index contributed by atoms with van der Waals surface area (Å²) in [5.74, 6) is 0.917. The van der Waals surface area contributed by atoms with Crippen LogP contribution in [0.5, 0.6) is 5.75 Å². The lowest BCUT2D eigenvalue weighted by Crippen LogP contribution is -2.27. The zero-order valence-corrected chi connectivity index (χ0v) is 11.4. The molecule has 0 aliphatic rings. The predicted octanol–water partition coefficient (Wildman–Crippen LogP) is 2.16. The first-order valence-corrected chi connectivity index (χ1v) is 6.06. The maximum Gasteiger partial charge on any atom is 0.229 e. The van der Waals surface area contributed by atoms with Crippen LogP contribution in [0.1, 0.15) is 31.7 Å². The molecule has 0 aromatic heterocycles. The third-order valence-electron chi connectivity index (χ3n) is 2.93. The summed E-state index contributed by atoms with van der Waals surface area (Å²) in [4.78, 5) is 13.3. The Morgan fingerprint density at radius 1 is 1.44 bits per heavy atom. The molecule has 0 atom stereocenters. The summed E-state index contributed by atoms with van der Waals surface area (Å²) in [7, 11) is 3.28. The summed E-state index contributed by atoms with van der Waals surface area (Å²) in [5.41, 5.74) is 1.89. The number of rotatable bonds is 5. The molecule has 100 valence electrons. The molecule has 0 aliphatic heterocycles. The molecule has 0 bridgehead atoms. The summed E-state index contributed by atoms with van der Waals surface area (Å²) in [6.07, 6.45) is 0.117. The lowest BCUT2D eigenvalue weighted by molar-refractivity contribution is -0.118. The highest BCUT2D eigenvalue weighted by Crippen LogP contribution is 2.31. The highest BCUT2D eigenvalue weighted by molar-refractivity contribution is 5.94. The molecule has 0 saturated carbocycles. The van der Waals surface area contributed by atoms with Gasteiger partial charge >= 0.3 is 0 Å². The number of amides is 1. The van der Waals surface area contributed by atoms with Gasteiger partial charge in [0.1, 0.15) is 5.75 Å². The molecular weight excluding hydrogens is 230 g/mol. The average molecular weight is 251 g/mol. The Kier molecular flexibility index (Phi) is 5.16. The second kappa shape index (κ2) is 6.40. The van der Waals surface area contributed by atoms with E-state index in [1.165, 1.54) is 4.90 Å². The number of aliphatic hydroxyl groups excluding tert-OH is 1. The van der Waals surface area contributed by atoms with Crippen molar-refractivity contribution in [2.24, 2.45) is 0 Å². The van der Waals surface area contributed by atoms with Crippen LogP contribution in [0.15, 0.2) is 18.2 Å². The number of anilines is 1. The van der Waals surface area contributed by atoms with E-state index in [2.05, 4.69) is 13.8 Å². The number of carbonyl (C=O) groups is 1. The van der Waals surface area contributed by atoms with Crippen LogP contribution in [0.2, 0.25) is 0 Å². The fraction of sp³-hybridized carbons (Fsp3) is 0.500. The minimum atomic E-state index is -0.143. The van der Waals surface area contributed by atoms with Crippen LogP contribution < -0.4 is 9.64 Å². The molecule has 0 saturated heterocycles. The van der Waals surface area contributed by atoms with Crippen molar-refractivity contribution in [3.8, 4) is 5.75 Å². The first kappa shape index (κ1) is 14.5. The van der Waals surface area contributed by atoms with Crippen LogP contribution in [0.4, 0.5) is 5.69 Å². The average Bonchev–Trinajstić information content (AvgIpc) is 2.37. The normalized spacial score (nSPS) is 10.6. The monoisotopic (exact) mass is 251 g/mol. The van der Waals surface area contributed by atoms with E-state index in [9.17, 15) is 4.79 Å². The first-order chi connectivity index (χ1) is 8.51. The maximum absolute atomic E-state index is 11.8. The van der Waals surface area contributed by atoms with E-state index in [-0.39, 0.29) is 18.9 Å². The van der Waals surface area contributed by atoms with Crippen LogP contribution in [0.25, 0.3) is 0 Å². The largest absolute Gasteiger partial charge is 0.495 e. The Morgan fingerprint density at radius 3 is 2.61 bits per heavy atom. The SMILES string of the molecule is COc1ccc(C(C)C)cc1N(C)C(=O)CCO. The second-order valence-corrected chi connectivity index (χ2v) is 4.51. The topological polar surface area (TPSA) is 49.8 Å². The fourth-order valence-electron chi connectivity index (χ4n) is 1.73. The molecule has 4 nitrogen and oxygen atoms in total. The summed E-state index contributed by atoms with van der Waals surface area (Å²) in [5, 5.41) is 8.82. The summed E-state index contributed by atoms with van der Waals surface area (Å²) in [6, 6.07) is 5.82. The van der Waals surface area contributed by atoms with Crippen LogP contribution in [0.3, 0.4) is 0 Å². The Bertz CT molecular complexity index is 416. The number of carbonyl (C=O) groups excluding carboxylic acids is 1. The van der Waals surface area contributed by atoms with E-state index in [0.717, 1.165) is 11.3 Å². The zero-order valence-electron chi connectivity index (χ0n) is 11.4. The molecular formula is C14H21NO3. The van der Waals surface area contributed by atoms with Gasteiger partial charge in [-0.15, -0.1) is 0 Å². The number of nitrogens with zero attached hydrogens (tertiary/aromatic N) is 1. The standard InChI is InChI=1S/C14H21NO3/c1-10(2)11-5-6-13(18-4)12(9-11)15(3)14(17)7-8-16/h5-6,9-10,16H,7-8H2,1-4H3. The number of aliphatic hydroxyl groups is 1. The minimum absolute atomic E-state index is 0.117. The summed E-state index contributed by atoms with van der Waals surface area (Å²) >= 11 is 0. The van der Waals surface area contributed by atoms with Gasteiger partial charge in [0.15, 0.2) is 0 Å². The van der Waals surface area contributed by atoms with E-state index in [1.807, 2.05) is 18.2 Å². The van der Waals surface area contributed by atoms with Crippen LogP contribution in [-0.4, -0.2) is 31.8 Å². The molecule has 1 amide bonds. The molecule has 1 N–H and O–H groups in total. The molecule has 4 heteroatoms. The van der Waals surface area contributed by atoms with Crippen molar-refractivity contribution < 1.29 is 14.6 Å². The van der Waals surface area contributed by atoms with Crippen LogP contribution >= 0.6 is 0 Å². The second-order valence-electron chi connectivity index (χ2n) is 4.51. The van der Waals surface area contributed by atoms with Crippen LogP contribution in [0, 0.1) is 0 Å². The molecule has 1 aromatic rings. The molecule has 0 unspecified atom stereocenters. The van der Waals surface area contributed by atoms with Gasteiger partial charge in [-0.2, -0.15) is 0 Å². The third kappa shape index (κ3) is 3.23. The van der Waals surface area contributed by atoms with Gasteiger partial charge in [-0.05, 0) is 23.6 Å². The fourth-order valence-corrected chi connectivity index (χ4v) is 1.73. The molecule has 1 rings (SSSR count). The number of hydrogen-bond donors (Lipinski definition) is 1. The van der Waals surface area contributed by atoms with Crippen molar-refractivity contribution in [1.82, 2.24) is 0 Å². The van der Waals surface area contributed by atoms with Crippen molar-refractivity contribution in [3.05, 3.63) is 23.8 Å². The zero-order chi connectivity index (χ0) is 13.7. The van der Waals surface area contributed by atoms with E-state index >= 15 is 0 Å². The van der Waals surface area contributed by atoms with Gasteiger partial charge in [-0.25, -0.2) is 0 Å². The lowest BCUT2D eigenvalue weighted by Gasteiger charge is -2.21.